The van der Waals surface area contributed by atoms with Crippen molar-refractivity contribution >= 4 is 21.4 Å². The Bertz CT molecular complexity index is 1130. The van der Waals surface area contributed by atoms with Crippen molar-refractivity contribution in [3.8, 4) is 11.1 Å². The van der Waals surface area contributed by atoms with E-state index >= 15 is 0 Å². The van der Waals surface area contributed by atoms with E-state index in [1.165, 1.54) is 0 Å². The fraction of sp³-hybridized carbons (Fsp3) is 0.158. The Morgan fingerprint density at radius 2 is 1.81 bits per heavy atom. The van der Waals surface area contributed by atoms with Gasteiger partial charge in [0.15, 0.2) is 9.84 Å². The lowest BCUT2D eigenvalue weighted by Crippen LogP contribution is -2.10. The highest BCUT2D eigenvalue weighted by Gasteiger charge is 2.24. The molecule has 0 amide bonds. The monoisotopic (exact) mass is 408 g/mol. The van der Waals surface area contributed by atoms with E-state index in [4.69, 9.17) is 11.6 Å². The summed E-state index contributed by atoms with van der Waals surface area (Å²) in [6, 6.07) is 5.97. The summed E-state index contributed by atoms with van der Waals surface area (Å²) in [6.07, 6.45) is 3.20. The van der Waals surface area contributed by atoms with Gasteiger partial charge in [0.1, 0.15) is 21.7 Å². The molecule has 0 fully saturated rings. The molecule has 0 bridgehead atoms. The molecule has 0 unspecified atom stereocenters. The van der Waals surface area contributed by atoms with Gasteiger partial charge in [-0.3, -0.25) is 4.98 Å². The van der Waals surface area contributed by atoms with Gasteiger partial charge in [0.25, 0.3) is 0 Å². The van der Waals surface area contributed by atoms with Crippen LogP contribution in [0.25, 0.3) is 11.1 Å². The fourth-order valence-corrected chi connectivity index (χ4v) is 4.64. The number of sulfone groups is 1. The molecule has 3 rings (SSSR count). The third-order valence-electron chi connectivity index (χ3n) is 4.18. The molecule has 3 aromatic rings. The van der Waals surface area contributed by atoms with Crippen molar-refractivity contribution in [2.75, 3.05) is 0 Å². The van der Waals surface area contributed by atoms with Crippen LogP contribution in [0.15, 0.2) is 47.6 Å². The standard InChI is InChI=1S/C19H15ClF2N2O2S/c1-11-7-13(5-6-23-11)15-9-24-19(20)16(12(15)2)10-27(25,26)18-4-3-14(21)8-17(18)22/h3-9H,10H2,1-2H3. The summed E-state index contributed by atoms with van der Waals surface area (Å²) in [5.74, 6) is -2.54. The maximum atomic E-state index is 14.0. The smallest absolute Gasteiger partial charge is 0.185 e. The van der Waals surface area contributed by atoms with Crippen molar-refractivity contribution in [3.63, 3.8) is 0 Å². The van der Waals surface area contributed by atoms with E-state index in [1.54, 1.807) is 25.4 Å². The summed E-state index contributed by atoms with van der Waals surface area (Å²) < 4.78 is 52.4. The second-order valence-electron chi connectivity index (χ2n) is 6.09. The molecule has 0 radical (unpaired) electrons. The van der Waals surface area contributed by atoms with E-state index < -0.39 is 32.1 Å². The van der Waals surface area contributed by atoms with E-state index in [0.717, 1.165) is 23.4 Å². The topological polar surface area (TPSA) is 59.9 Å². The van der Waals surface area contributed by atoms with Gasteiger partial charge in [-0.25, -0.2) is 22.2 Å². The maximum Gasteiger partial charge on any atom is 0.185 e. The van der Waals surface area contributed by atoms with E-state index in [2.05, 4.69) is 9.97 Å². The van der Waals surface area contributed by atoms with Gasteiger partial charge >= 0.3 is 0 Å². The molecular weight excluding hydrogens is 394 g/mol. The van der Waals surface area contributed by atoms with E-state index in [-0.39, 0.29) is 10.7 Å². The molecule has 8 heteroatoms. The number of pyridine rings is 2. The highest BCUT2D eigenvalue weighted by Crippen LogP contribution is 2.31. The molecule has 2 aromatic heterocycles. The first-order chi connectivity index (χ1) is 12.7. The van der Waals surface area contributed by atoms with Gasteiger partial charge in [0.05, 0.1) is 5.75 Å². The van der Waals surface area contributed by atoms with Crippen LogP contribution in [0.1, 0.15) is 16.8 Å². The van der Waals surface area contributed by atoms with Crippen LogP contribution in [0.2, 0.25) is 5.15 Å². The Morgan fingerprint density at radius 1 is 1.07 bits per heavy atom. The lowest BCUT2D eigenvalue weighted by atomic mass is 10.0. The second-order valence-corrected chi connectivity index (χ2v) is 8.40. The molecule has 0 aliphatic carbocycles. The first-order valence-corrected chi connectivity index (χ1v) is 9.97. The zero-order chi connectivity index (χ0) is 19.8. The highest BCUT2D eigenvalue weighted by molar-refractivity contribution is 7.90. The molecule has 0 aliphatic rings. The summed E-state index contributed by atoms with van der Waals surface area (Å²) in [5.41, 5.74) is 3.20. The number of benzene rings is 1. The zero-order valence-corrected chi connectivity index (χ0v) is 16.1. The summed E-state index contributed by atoms with van der Waals surface area (Å²) in [4.78, 5) is 7.64. The molecule has 0 N–H and O–H groups in total. The Balaban J connectivity index is 2.08. The van der Waals surface area contributed by atoms with E-state index in [9.17, 15) is 17.2 Å². The van der Waals surface area contributed by atoms with Gasteiger partial charge < -0.3 is 0 Å². The van der Waals surface area contributed by atoms with Crippen molar-refractivity contribution in [2.45, 2.75) is 24.5 Å². The SMILES string of the molecule is Cc1cc(-c2cnc(Cl)c(CS(=O)(=O)c3ccc(F)cc3F)c2C)ccn1. The zero-order valence-electron chi connectivity index (χ0n) is 14.5. The molecule has 2 heterocycles. The summed E-state index contributed by atoms with van der Waals surface area (Å²) in [7, 11) is -4.09. The van der Waals surface area contributed by atoms with E-state index in [1.807, 2.05) is 13.0 Å². The van der Waals surface area contributed by atoms with E-state index in [0.29, 0.717) is 17.2 Å². The third-order valence-corrected chi connectivity index (χ3v) is 6.18. The number of nitrogens with zero attached hydrogens (tertiary/aromatic N) is 2. The molecule has 0 atom stereocenters. The van der Waals surface area contributed by atoms with Crippen molar-refractivity contribution < 1.29 is 17.2 Å². The molecule has 140 valence electrons. The molecule has 0 saturated heterocycles. The Labute approximate surface area is 160 Å². The quantitative estimate of drug-likeness (QED) is 0.465. The minimum absolute atomic E-state index is 0.0214. The minimum Gasteiger partial charge on any atom is -0.262 e. The van der Waals surface area contributed by atoms with Crippen LogP contribution in [0.5, 0.6) is 0 Å². The first-order valence-electron chi connectivity index (χ1n) is 7.94. The van der Waals surface area contributed by atoms with Crippen LogP contribution in [0.3, 0.4) is 0 Å². The predicted molar refractivity (Wildman–Crippen MR) is 99.2 cm³/mol. The predicted octanol–water partition coefficient (Wildman–Crippen LogP) is 4.67. The van der Waals surface area contributed by atoms with Crippen LogP contribution in [0, 0.1) is 25.5 Å². The summed E-state index contributed by atoms with van der Waals surface area (Å²) >= 11 is 6.14. The van der Waals surface area contributed by atoms with Crippen LogP contribution >= 0.6 is 11.6 Å². The van der Waals surface area contributed by atoms with Crippen LogP contribution in [0.4, 0.5) is 8.78 Å². The van der Waals surface area contributed by atoms with Gasteiger partial charge in [-0.2, -0.15) is 0 Å². The molecule has 1 aromatic carbocycles. The second kappa shape index (κ2) is 7.32. The number of hydrogen-bond donors (Lipinski definition) is 0. The normalized spacial score (nSPS) is 11.6. The molecule has 0 saturated carbocycles. The van der Waals surface area contributed by atoms with Gasteiger partial charge in [-0.15, -0.1) is 0 Å². The lowest BCUT2D eigenvalue weighted by molar-refractivity contribution is 0.548. The minimum atomic E-state index is -4.09. The van der Waals surface area contributed by atoms with Crippen molar-refractivity contribution in [3.05, 3.63) is 76.3 Å². The van der Waals surface area contributed by atoms with Gasteiger partial charge in [0, 0.05) is 35.3 Å². The molecule has 4 nitrogen and oxygen atoms in total. The van der Waals surface area contributed by atoms with Crippen molar-refractivity contribution in [1.29, 1.82) is 0 Å². The molecule has 0 aliphatic heterocycles. The van der Waals surface area contributed by atoms with Crippen LogP contribution < -0.4 is 0 Å². The summed E-state index contributed by atoms with van der Waals surface area (Å²) in [5, 5.41) is 0.0214. The van der Waals surface area contributed by atoms with Crippen LogP contribution in [-0.4, -0.2) is 18.4 Å². The van der Waals surface area contributed by atoms with Gasteiger partial charge in [-0.1, -0.05) is 11.6 Å². The first kappa shape index (κ1) is 19.4. The van der Waals surface area contributed by atoms with Crippen LogP contribution in [-0.2, 0) is 15.6 Å². The lowest BCUT2D eigenvalue weighted by Gasteiger charge is -2.14. The number of aromatic nitrogens is 2. The number of halogens is 3. The third kappa shape index (κ3) is 3.99. The molecule has 27 heavy (non-hydrogen) atoms. The Hall–Kier alpha value is -2.38. The number of hydrogen-bond acceptors (Lipinski definition) is 4. The Morgan fingerprint density at radius 3 is 2.48 bits per heavy atom. The Kier molecular flexibility index (Phi) is 5.26. The average molecular weight is 409 g/mol. The average Bonchev–Trinajstić information content (AvgIpc) is 2.58. The highest BCUT2D eigenvalue weighted by atomic mass is 35.5. The maximum absolute atomic E-state index is 14.0. The summed E-state index contributed by atoms with van der Waals surface area (Å²) in [6.45, 7) is 3.56. The van der Waals surface area contributed by atoms with Gasteiger partial charge in [0.2, 0.25) is 0 Å². The molecular formula is C19H15ClF2N2O2S. The number of aryl methyl sites for hydroxylation is 1. The number of rotatable bonds is 4. The van der Waals surface area contributed by atoms with Crippen molar-refractivity contribution in [2.24, 2.45) is 0 Å². The largest absolute Gasteiger partial charge is 0.262 e. The fourth-order valence-electron chi connectivity index (χ4n) is 2.78. The van der Waals surface area contributed by atoms with Crippen molar-refractivity contribution in [1.82, 2.24) is 9.97 Å². The van der Waals surface area contributed by atoms with Gasteiger partial charge in [-0.05, 0) is 49.2 Å². The molecule has 0 spiro atoms.